The summed E-state index contributed by atoms with van der Waals surface area (Å²) in [4.78, 5) is 0. The third-order valence-corrected chi connectivity index (χ3v) is 2.43. The maximum Gasteiger partial charge on any atom is 0.0883 e. The van der Waals surface area contributed by atoms with Gasteiger partial charge in [-0.05, 0) is 12.0 Å². The van der Waals surface area contributed by atoms with Crippen LogP contribution in [0.3, 0.4) is 0 Å². The van der Waals surface area contributed by atoms with Crippen molar-refractivity contribution < 1.29 is 0 Å². The monoisotopic (exact) mass is 188 g/mol. The zero-order valence-electron chi connectivity index (χ0n) is 8.40. The highest BCUT2D eigenvalue weighted by Gasteiger charge is 2.17. The lowest BCUT2D eigenvalue weighted by Gasteiger charge is -2.21. The van der Waals surface area contributed by atoms with Gasteiger partial charge in [0.2, 0.25) is 0 Å². The number of terminal acetylenes is 1. The molecular weight excluding hydrogens is 172 g/mol. The number of benzene rings is 1. The van der Waals surface area contributed by atoms with E-state index in [2.05, 4.69) is 30.4 Å². The Labute approximate surface area is 85.5 Å². The first kappa shape index (κ1) is 10.8. The molecular formula is C12H16N2. The first-order valence-corrected chi connectivity index (χ1v) is 4.80. The van der Waals surface area contributed by atoms with Crippen molar-refractivity contribution in [3.05, 3.63) is 35.9 Å². The largest absolute Gasteiger partial charge is 0.270 e. The van der Waals surface area contributed by atoms with Gasteiger partial charge in [0.25, 0.3) is 0 Å². The van der Waals surface area contributed by atoms with Crippen LogP contribution >= 0.6 is 0 Å². The van der Waals surface area contributed by atoms with Crippen LogP contribution in [0, 0.1) is 12.3 Å². The minimum absolute atomic E-state index is 0.0950. The fraction of sp³-hybridized carbons (Fsp3) is 0.333. The predicted octanol–water partition coefficient (Wildman–Crippen LogP) is 1.65. The molecule has 0 saturated carbocycles. The smallest absolute Gasteiger partial charge is 0.0883 e. The van der Waals surface area contributed by atoms with Gasteiger partial charge in [-0.15, -0.1) is 6.42 Å². The highest BCUT2D eigenvalue weighted by atomic mass is 15.2. The number of hydrogen-bond donors (Lipinski definition) is 2. The van der Waals surface area contributed by atoms with E-state index in [9.17, 15) is 0 Å². The normalized spacial score (nSPS) is 14.4. The van der Waals surface area contributed by atoms with Crippen molar-refractivity contribution in [2.75, 3.05) is 0 Å². The van der Waals surface area contributed by atoms with Crippen LogP contribution in [0.5, 0.6) is 0 Å². The highest BCUT2D eigenvalue weighted by Crippen LogP contribution is 2.22. The molecule has 0 aliphatic carbocycles. The van der Waals surface area contributed by atoms with Crippen molar-refractivity contribution in [2.45, 2.75) is 25.3 Å². The van der Waals surface area contributed by atoms with Crippen LogP contribution in [0.1, 0.15) is 24.8 Å². The van der Waals surface area contributed by atoms with E-state index in [-0.39, 0.29) is 12.0 Å². The van der Waals surface area contributed by atoms with Crippen molar-refractivity contribution in [3.8, 4) is 12.3 Å². The van der Waals surface area contributed by atoms with Gasteiger partial charge in [-0.25, -0.2) is 5.43 Å². The maximum atomic E-state index is 5.40. The minimum Gasteiger partial charge on any atom is -0.270 e. The van der Waals surface area contributed by atoms with E-state index in [1.165, 1.54) is 5.56 Å². The molecule has 74 valence electrons. The van der Waals surface area contributed by atoms with Gasteiger partial charge in [-0.1, -0.05) is 43.2 Å². The molecule has 1 aromatic rings. The first-order valence-electron chi connectivity index (χ1n) is 4.80. The van der Waals surface area contributed by atoms with Crippen LogP contribution in [-0.2, 0) is 0 Å². The van der Waals surface area contributed by atoms with Gasteiger partial charge in [0.15, 0.2) is 0 Å². The lowest BCUT2D eigenvalue weighted by atomic mass is 9.90. The van der Waals surface area contributed by atoms with Crippen LogP contribution in [0.15, 0.2) is 30.3 Å². The van der Waals surface area contributed by atoms with E-state index in [0.29, 0.717) is 0 Å². The molecule has 0 spiro atoms. The zero-order valence-corrected chi connectivity index (χ0v) is 8.40. The summed E-state index contributed by atoms with van der Waals surface area (Å²) in [7, 11) is 0. The van der Waals surface area contributed by atoms with E-state index in [1.807, 2.05) is 18.2 Å². The molecule has 0 aliphatic rings. The molecule has 0 heterocycles. The fourth-order valence-electron chi connectivity index (χ4n) is 1.64. The van der Waals surface area contributed by atoms with Gasteiger partial charge < -0.3 is 0 Å². The average molecular weight is 188 g/mol. The molecule has 0 saturated heterocycles. The average Bonchev–Trinajstić information content (AvgIpc) is 2.27. The number of hydrogen-bond acceptors (Lipinski definition) is 2. The third kappa shape index (κ3) is 2.35. The molecule has 3 N–H and O–H groups in total. The summed E-state index contributed by atoms with van der Waals surface area (Å²) in [5.41, 5.74) is 3.90. The predicted molar refractivity (Wildman–Crippen MR) is 59.4 cm³/mol. The van der Waals surface area contributed by atoms with E-state index < -0.39 is 0 Å². The Balaban J connectivity index is 2.88. The van der Waals surface area contributed by atoms with Crippen LogP contribution in [0.2, 0.25) is 0 Å². The molecule has 0 fully saturated rings. The first-order chi connectivity index (χ1) is 6.83. The van der Waals surface area contributed by atoms with Crippen molar-refractivity contribution >= 4 is 0 Å². The van der Waals surface area contributed by atoms with Gasteiger partial charge in [0.1, 0.15) is 0 Å². The Morgan fingerprint density at radius 3 is 2.50 bits per heavy atom. The third-order valence-electron chi connectivity index (χ3n) is 2.43. The molecule has 2 unspecified atom stereocenters. The molecule has 1 rings (SSSR count). The molecule has 2 heteroatoms. The van der Waals surface area contributed by atoms with Gasteiger partial charge >= 0.3 is 0 Å². The summed E-state index contributed by atoms with van der Waals surface area (Å²) >= 11 is 0. The van der Waals surface area contributed by atoms with E-state index in [1.54, 1.807) is 0 Å². The Morgan fingerprint density at radius 1 is 1.43 bits per heavy atom. The molecule has 0 amide bonds. The fourth-order valence-corrected chi connectivity index (χ4v) is 1.64. The quantitative estimate of drug-likeness (QED) is 0.428. The standard InChI is InChI=1S/C12H16N2/c1-3-11(12(4-2)14-13)10-8-6-5-7-9-10/h2,5-9,11-12,14H,3,13H2,1H3. The Kier molecular flexibility index (Phi) is 4.18. The van der Waals surface area contributed by atoms with Gasteiger partial charge in [0.05, 0.1) is 6.04 Å². The van der Waals surface area contributed by atoms with E-state index in [0.717, 1.165) is 6.42 Å². The van der Waals surface area contributed by atoms with Gasteiger partial charge in [0, 0.05) is 5.92 Å². The van der Waals surface area contributed by atoms with Crippen LogP contribution in [0.4, 0.5) is 0 Å². The molecule has 2 atom stereocenters. The van der Waals surface area contributed by atoms with Crippen molar-refractivity contribution in [3.63, 3.8) is 0 Å². The Hall–Kier alpha value is -1.30. The number of nitrogens with one attached hydrogen (secondary N) is 1. The zero-order chi connectivity index (χ0) is 10.4. The Morgan fingerprint density at radius 2 is 2.07 bits per heavy atom. The molecule has 14 heavy (non-hydrogen) atoms. The van der Waals surface area contributed by atoms with Crippen molar-refractivity contribution in [1.29, 1.82) is 0 Å². The van der Waals surface area contributed by atoms with Crippen LogP contribution in [0.25, 0.3) is 0 Å². The van der Waals surface area contributed by atoms with Crippen LogP contribution in [-0.4, -0.2) is 6.04 Å². The number of rotatable bonds is 4. The second kappa shape index (κ2) is 5.43. The summed E-state index contributed by atoms with van der Waals surface area (Å²) in [6.45, 7) is 2.11. The SMILES string of the molecule is C#CC(NN)C(CC)c1ccccc1. The van der Waals surface area contributed by atoms with Gasteiger partial charge in [-0.3, -0.25) is 5.84 Å². The van der Waals surface area contributed by atoms with Gasteiger partial charge in [-0.2, -0.15) is 0 Å². The molecule has 2 nitrogen and oxygen atoms in total. The molecule has 1 aromatic carbocycles. The lowest BCUT2D eigenvalue weighted by Crippen LogP contribution is -2.38. The molecule has 0 aliphatic heterocycles. The summed E-state index contributed by atoms with van der Waals surface area (Å²) in [5, 5.41) is 0. The summed E-state index contributed by atoms with van der Waals surface area (Å²) in [6.07, 6.45) is 6.38. The topological polar surface area (TPSA) is 38.0 Å². The van der Waals surface area contributed by atoms with E-state index >= 15 is 0 Å². The Bertz CT molecular complexity index is 300. The summed E-state index contributed by atoms with van der Waals surface area (Å²) < 4.78 is 0. The van der Waals surface area contributed by atoms with Crippen molar-refractivity contribution in [1.82, 2.24) is 5.43 Å². The molecule has 0 aromatic heterocycles. The second-order valence-electron chi connectivity index (χ2n) is 3.24. The maximum absolute atomic E-state index is 5.40. The summed E-state index contributed by atoms with van der Waals surface area (Å²) in [5.74, 6) is 8.35. The number of nitrogens with two attached hydrogens (primary N) is 1. The number of hydrazine groups is 1. The molecule has 0 radical (unpaired) electrons. The minimum atomic E-state index is -0.0950. The second-order valence-corrected chi connectivity index (χ2v) is 3.24. The van der Waals surface area contributed by atoms with Crippen molar-refractivity contribution in [2.24, 2.45) is 5.84 Å². The summed E-state index contributed by atoms with van der Waals surface area (Å²) in [6, 6.07) is 10.1. The van der Waals surface area contributed by atoms with Crippen LogP contribution < -0.4 is 11.3 Å². The highest BCUT2D eigenvalue weighted by molar-refractivity contribution is 5.24. The van der Waals surface area contributed by atoms with E-state index in [4.69, 9.17) is 12.3 Å². The molecule has 0 bridgehead atoms. The lowest BCUT2D eigenvalue weighted by molar-refractivity contribution is 0.511.